The molecule has 112 valence electrons. The number of hydrogen-bond acceptors (Lipinski definition) is 3. The van der Waals surface area contributed by atoms with Crippen molar-refractivity contribution in [2.45, 2.75) is 25.5 Å². The van der Waals surface area contributed by atoms with Gasteiger partial charge in [0.25, 0.3) is 0 Å². The van der Waals surface area contributed by atoms with Gasteiger partial charge < -0.3 is 10.1 Å². The minimum absolute atomic E-state index is 0.0182. The highest BCUT2D eigenvalue weighted by atomic mass is 35.5. The van der Waals surface area contributed by atoms with Gasteiger partial charge in [0.05, 0.1) is 11.1 Å². The highest BCUT2D eigenvalue weighted by Crippen LogP contribution is 2.25. The van der Waals surface area contributed by atoms with Crippen molar-refractivity contribution in [2.75, 3.05) is 13.7 Å². The number of ether oxygens (including phenoxy) is 1. The second kappa shape index (κ2) is 8.13. The molecule has 0 bridgehead atoms. The van der Waals surface area contributed by atoms with E-state index in [2.05, 4.69) is 29.4 Å². The second-order valence-electron chi connectivity index (χ2n) is 4.90. The average molecular weight is 305 g/mol. The van der Waals surface area contributed by atoms with Gasteiger partial charge in [-0.05, 0) is 30.2 Å². The first-order chi connectivity index (χ1) is 10.3. The molecule has 1 N–H and O–H groups in total. The number of benzene rings is 1. The SMILES string of the molecule is CCNC(Cc1ccncc1Cl)C(OC)c1ccccc1. The number of halogens is 1. The largest absolute Gasteiger partial charge is 0.375 e. The normalized spacial score (nSPS) is 13.9. The second-order valence-corrected chi connectivity index (χ2v) is 5.31. The Labute approximate surface area is 131 Å². The molecule has 0 saturated heterocycles. The van der Waals surface area contributed by atoms with E-state index in [1.807, 2.05) is 24.3 Å². The molecule has 2 rings (SSSR count). The fourth-order valence-electron chi connectivity index (χ4n) is 2.53. The molecule has 2 aromatic rings. The molecular weight excluding hydrogens is 284 g/mol. The minimum atomic E-state index is -0.0182. The van der Waals surface area contributed by atoms with E-state index in [4.69, 9.17) is 16.3 Å². The number of likely N-dealkylation sites (N-methyl/N-ethyl adjacent to an activating group) is 1. The number of pyridine rings is 1. The highest BCUT2D eigenvalue weighted by molar-refractivity contribution is 6.31. The van der Waals surface area contributed by atoms with Crippen LogP contribution in [0, 0.1) is 0 Å². The van der Waals surface area contributed by atoms with E-state index in [0.717, 1.165) is 24.1 Å². The summed E-state index contributed by atoms with van der Waals surface area (Å²) in [6, 6.07) is 12.4. The van der Waals surface area contributed by atoms with E-state index in [9.17, 15) is 0 Å². The molecule has 0 radical (unpaired) electrons. The molecule has 2 atom stereocenters. The van der Waals surface area contributed by atoms with Gasteiger partial charge in [0, 0.05) is 25.5 Å². The van der Waals surface area contributed by atoms with Gasteiger partial charge in [0.1, 0.15) is 0 Å². The maximum absolute atomic E-state index is 6.23. The van der Waals surface area contributed by atoms with Crippen LogP contribution in [-0.4, -0.2) is 24.7 Å². The topological polar surface area (TPSA) is 34.2 Å². The van der Waals surface area contributed by atoms with Crippen LogP contribution in [0.3, 0.4) is 0 Å². The van der Waals surface area contributed by atoms with Crippen LogP contribution in [-0.2, 0) is 11.2 Å². The maximum Gasteiger partial charge on any atom is 0.0977 e. The highest BCUT2D eigenvalue weighted by Gasteiger charge is 2.23. The zero-order valence-corrected chi connectivity index (χ0v) is 13.2. The molecule has 1 aromatic carbocycles. The van der Waals surface area contributed by atoms with E-state index in [0.29, 0.717) is 5.02 Å². The standard InChI is InChI=1S/C17H21ClN2O/c1-3-20-16(11-14-9-10-19-12-15(14)18)17(21-2)13-7-5-4-6-8-13/h4-10,12,16-17,20H,3,11H2,1-2H3. The average Bonchev–Trinajstić information content (AvgIpc) is 2.51. The molecule has 3 nitrogen and oxygen atoms in total. The van der Waals surface area contributed by atoms with Crippen molar-refractivity contribution < 1.29 is 4.74 Å². The first-order valence-electron chi connectivity index (χ1n) is 7.15. The first-order valence-corrected chi connectivity index (χ1v) is 7.53. The van der Waals surface area contributed by atoms with E-state index in [-0.39, 0.29) is 12.1 Å². The summed E-state index contributed by atoms with van der Waals surface area (Å²) in [4.78, 5) is 4.04. The lowest BCUT2D eigenvalue weighted by atomic mass is 9.96. The van der Waals surface area contributed by atoms with Crippen molar-refractivity contribution in [1.82, 2.24) is 10.3 Å². The molecule has 1 heterocycles. The summed E-state index contributed by atoms with van der Waals surface area (Å²) in [5.74, 6) is 0. The number of nitrogens with zero attached hydrogens (tertiary/aromatic N) is 1. The fraction of sp³-hybridized carbons (Fsp3) is 0.353. The van der Waals surface area contributed by atoms with E-state index < -0.39 is 0 Å². The van der Waals surface area contributed by atoms with Crippen LogP contribution in [0.25, 0.3) is 0 Å². The molecule has 0 spiro atoms. The minimum Gasteiger partial charge on any atom is -0.375 e. The van der Waals surface area contributed by atoms with Gasteiger partial charge in [-0.1, -0.05) is 48.9 Å². The van der Waals surface area contributed by atoms with Gasteiger partial charge in [-0.25, -0.2) is 0 Å². The predicted molar refractivity (Wildman–Crippen MR) is 86.6 cm³/mol. The van der Waals surface area contributed by atoms with Crippen LogP contribution in [0.2, 0.25) is 5.02 Å². The van der Waals surface area contributed by atoms with Crippen LogP contribution in [0.1, 0.15) is 24.2 Å². The third-order valence-corrected chi connectivity index (χ3v) is 3.85. The molecule has 1 aromatic heterocycles. The summed E-state index contributed by atoms with van der Waals surface area (Å²) in [5.41, 5.74) is 2.24. The maximum atomic E-state index is 6.23. The van der Waals surface area contributed by atoms with Crippen LogP contribution in [0.15, 0.2) is 48.8 Å². The summed E-state index contributed by atoms with van der Waals surface area (Å²) in [6.07, 6.45) is 4.23. The molecule has 0 aliphatic rings. The van der Waals surface area contributed by atoms with Crippen LogP contribution in [0.5, 0.6) is 0 Å². The summed E-state index contributed by atoms with van der Waals surface area (Å²) >= 11 is 6.23. The lowest BCUT2D eigenvalue weighted by Crippen LogP contribution is -2.37. The molecule has 4 heteroatoms. The van der Waals surface area contributed by atoms with Crippen molar-refractivity contribution in [3.8, 4) is 0 Å². The zero-order valence-electron chi connectivity index (χ0n) is 12.4. The van der Waals surface area contributed by atoms with Gasteiger partial charge in [-0.3, -0.25) is 4.98 Å². The molecule has 0 fully saturated rings. The Balaban J connectivity index is 2.23. The van der Waals surface area contributed by atoms with E-state index >= 15 is 0 Å². The van der Waals surface area contributed by atoms with Crippen molar-refractivity contribution in [3.05, 3.63) is 64.9 Å². The number of hydrogen-bond donors (Lipinski definition) is 1. The Morgan fingerprint density at radius 1 is 1.24 bits per heavy atom. The van der Waals surface area contributed by atoms with Crippen LogP contribution in [0.4, 0.5) is 0 Å². The summed E-state index contributed by atoms with van der Waals surface area (Å²) in [6.45, 7) is 2.97. The fourth-order valence-corrected chi connectivity index (χ4v) is 2.73. The van der Waals surface area contributed by atoms with Crippen molar-refractivity contribution in [2.24, 2.45) is 0 Å². The molecule has 2 unspecified atom stereocenters. The zero-order chi connectivity index (χ0) is 15.1. The lowest BCUT2D eigenvalue weighted by Gasteiger charge is -2.27. The number of aromatic nitrogens is 1. The number of methoxy groups -OCH3 is 1. The Morgan fingerprint density at radius 3 is 2.62 bits per heavy atom. The van der Waals surface area contributed by atoms with Gasteiger partial charge >= 0.3 is 0 Å². The van der Waals surface area contributed by atoms with E-state index in [1.54, 1.807) is 19.5 Å². The van der Waals surface area contributed by atoms with E-state index in [1.165, 1.54) is 0 Å². The van der Waals surface area contributed by atoms with Gasteiger partial charge in [0.15, 0.2) is 0 Å². The molecular formula is C17H21ClN2O. The Bertz CT molecular complexity index is 547. The van der Waals surface area contributed by atoms with Gasteiger partial charge in [-0.2, -0.15) is 0 Å². The summed E-state index contributed by atoms with van der Waals surface area (Å²) < 4.78 is 5.74. The lowest BCUT2D eigenvalue weighted by molar-refractivity contribution is 0.0684. The number of rotatable bonds is 7. The molecule has 21 heavy (non-hydrogen) atoms. The van der Waals surface area contributed by atoms with Crippen molar-refractivity contribution in [3.63, 3.8) is 0 Å². The Kier molecular flexibility index (Phi) is 6.18. The summed E-state index contributed by atoms with van der Waals surface area (Å²) in [7, 11) is 1.75. The Morgan fingerprint density at radius 2 is 2.00 bits per heavy atom. The van der Waals surface area contributed by atoms with Crippen LogP contribution < -0.4 is 5.32 Å². The molecule has 0 aliphatic carbocycles. The monoisotopic (exact) mass is 304 g/mol. The predicted octanol–water partition coefficient (Wildman–Crippen LogP) is 3.64. The molecule has 0 amide bonds. The first kappa shape index (κ1) is 16.0. The molecule has 0 saturated carbocycles. The van der Waals surface area contributed by atoms with Gasteiger partial charge in [0.2, 0.25) is 0 Å². The Hall–Kier alpha value is -1.42. The smallest absolute Gasteiger partial charge is 0.0977 e. The van der Waals surface area contributed by atoms with Crippen LogP contribution >= 0.6 is 11.6 Å². The molecule has 0 aliphatic heterocycles. The number of nitrogens with one attached hydrogen (secondary N) is 1. The third kappa shape index (κ3) is 4.27. The van der Waals surface area contributed by atoms with Gasteiger partial charge in [-0.15, -0.1) is 0 Å². The van der Waals surface area contributed by atoms with Crippen molar-refractivity contribution in [1.29, 1.82) is 0 Å². The summed E-state index contributed by atoms with van der Waals surface area (Å²) in [5, 5.41) is 4.20. The van der Waals surface area contributed by atoms with Crippen molar-refractivity contribution >= 4 is 11.6 Å². The third-order valence-electron chi connectivity index (χ3n) is 3.51. The quantitative estimate of drug-likeness (QED) is 0.848.